The number of halogens is 1. The van der Waals surface area contributed by atoms with E-state index in [0.29, 0.717) is 18.7 Å². The van der Waals surface area contributed by atoms with Crippen LogP contribution in [0.4, 0.5) is 10.1 Å². The topological polar surface area (TPSA) is 82.2 Å². The van der Waals surface area contributed by atoms with Gasteiger partial charge in [0.1, 0.15) is 5.82 Å². The molecule has 1 N–H and O–H groups in total. The molecule has 28 heavy (non-hydrogen) atoms. The Morgan fingerprint density at radius 1 is 1.18 bits per heavy atom. The van der Waals surface area contributed by atoms with E-state index in [1.165, 1.54) is 25.3 Å². The fourth-order valence-electron chi connectivity index (χ4n) is 3.00. The molecule has 0 saturated heterocycles. The van der Waals surface area contributed by atoms with Gasteiger partial charge in [-0.15, -0.1) is 0 Å². The number of hydrogen-bond donors (Lipinski definition) is 1. The van der Waals surface area contributed by atoms with Crippen LogP contribution in [0, 0.1) is 15.9 Å². The minimum absolute atomic E-state index is 0.0440. The normalized spacial score (nSPS) is 11.0. The molecule has 0 unspecified atom stereocenters. The van der Waals surface area contributed by atoms with Gasteiger partial charge in [-0.25, -0.2) is 4.39 Å². The molecule has 0 bridgehead atoms. The minimum atomic E-state index is -0.425. The Bertz CT molecular complexity index is 970. The Morgan fingerprint density at radius 3 is 2.61 bits per heavy atom. The molecule has 1 heterocycles. The monoisotopic (exact) mass is 384 g/mol. The molecule has 0 spiro atoms. The molecule has 0 aliphatic rings. The first-order valence-corrected chi connectivity index (χ1v) is 8.72. The zero-order valence-corrected chi connectivity index (χ0v) is 15.7. The molecular formula is C20H21FN4O3. The Hall–Kier alpha value is -3.10. The lowest BCUT2D eigenvalue weighted by Gasteiger charge is -2.08. The summed E-state index contributed by atoms with van der Waals surface area (Å²) >= 11 is 0. The van der Waals surface area contributed by atoms with Crippen molar-refractivity contribution in [1.29, 1.82) is 0 Å². The molecule has 0 saturated carbocycles. The number of rotatable bonds is 8. The van der Waals surface area contributed by atoms with Crippen LogP contribution in [-0.4, -0.2) is 21.8 Å². The number of ether oxygens (including phenoxy) is 1. The van der Waals surface area contributed by atoms with Crippen LogP contribution in [0.25, 0.3) is 11.3 Å². The van der Waals surface area contributed by atoms with Gasteiger partial charge in [-0.05, 0) is 29.8 Å². The number of aryl methyl sites for hydroxylation is 1. The largest absolute Gasteiger partial charge is 0.380 e. The van der Waals surface area contributed by atoms with Gasteiger partial charge in [-0.1, -0.05) is 6.07 Å². The third-order valence-electron chi connectivity index (χ3n) is 4.31. The molecule has 2 aromatic carbocycles. The van der Waals surface area contributed by atoms with Gasteiger partial charge < -0.3 is 10.1 Å². The lowest BCUT2D eigenvalue weighted by Crippen LogP contribution is -2.13. The number of nitro benzene ring substituents is 1. The van der Waals surface area contributed by atoms with Crippen molar-refractivity contribution in [1.82, 2.24) is 15.1 Å². The first-order valence-electron chi connectivity index (χ1n) is 8.72. The van der Waals surface area contributed by atoms with Gasteiger partial charge in [-0.3, -0.25) is 14.8 Å². The maximum Gasteiger partial charge on any atom is 0.269 e. The number of aromatic nitrogens is 2. The van der Waals surface area contributed by atoms with Crippen LogP contribution in [0.5, 0.6) is 0 Å². The quantitative estimate of drug-likeness (QED) is 0.474. The van der Waals surface area contributed by atoms with Crippen molar-refractivity contribution in [2.75, 3.05) is 7.11 Å². The molecule has 1 aromatic heterocycles. The lowest BCUT2D eigenvalue weighted by molar-refractivity contribution is -0.384. The van der Waals surface area contributed by atoms with Gasteiger partial charge in [-0.2, -0.15) is 5.10 Å². The molecule has 0 amide bonds. The number of hydrogen-bond acceptors (Lipinski definition) is 5. The van der Waals surface area contributed by atoms with E-state index in [2.05, 4.69) is 10.4 Å². The van der Waals surface area contributed by atoms with Crippen LogP contribution < -0.4 is 5.32 Å². The van der Waals surface area contributed by atoms with E-state index in [9.17, 15) is 14.5 Å². The summed E-state index contributed by atoms with van der Waals surface area (Å²) in [6.45, 7) is 1.34. The van der Waals surface area contributed by atoms with Crippen LogP contribution in [0.3, 0.4) is 0 Å². The van der Waals surface area contributed by atoms with E-state index in [1.54, 1.807) is 28.9 Å². The zero-order chi connectivity index (χ0) is 20.1. The van der Waals surface area contributed by atoms with E-state index in [0.717, 1.165) is 22.4 Å². The molecule has 0 aliphatic carbocycles. The summed E-state index contributed by atoms with van der Waals surface area (Å²) in [5.74, 6) is -0.279. The number of non-ortho nitro benzene ring substituents is 1. The summed E-state index contributed by atoms with van der Waals surface area (Å²) in [7, 11) is 3.36. The Morgan fingerprint density at radius 2 is 1.93 bits per heavy atom. The summed E-state index contributed by atoms with van der Waals surface area (Å²) in [5, 5.41) is 18.6. The number of nitro groups is 1. The first kappa shape index (κ1) is 19.7. The van der Waals surface area contributed by atoms with Crippen molar-refractivity contribution < 1.29 is 14.1 Å². The van der Waals surface area contributed by atoms with E-state index in [-0.39, 0.29) is 18.1 Å². The first-order chi connectivity index (χ1) is 13.5. The molecule has 3 rings (SSSR count). The maximum atomic E-state index is 13.7. The van der Waals surface area contributed by atoms with E-state index < -0.39 is 4.92 Å². The summed E-state index contributed by atoms with van der Waals surface area (Å²) in [5.41, 5.74) is 4.07. The average molecular weight is 384 g/mol. The highest BCUT2D eigenvalue weighted by molar-refractivity contribution is 5.64. The molecule has 0 fully saturated rings. The predicted molar refractivity (Wildman–Crippen MR) is 103 cm³/mol. The van der Waals surface area contributed by atoms with Crippen LogP contribution in [0.2, 0.25) is 0 Å². The third kappa shape index (κ3) is 4.59. The number of benzene rings is 2. The highest BCUT2D eigenvalue weighted by Crippen LogP contribution is 2.24. The SMILES string of the molecule is COCc1cc(CNCc2cn(C)nc2-c2ccc([N+](=O)[O-])cc2)ccc1F. The van der Waals surface area contributed by atoms with E-state index in [1.807, 2.05) is 13.2 Å². The zero-order valence-electron chi connectivity index (χ0n) is 15.7. The standard InChI is InChI=1S/C20H21FN4O3/c1-24-12-17(20(23-24)15-4-6-18(7-5-15)25(26)27)11-22-10-14-3-8-19(21)16(9-14)13-28-2/h3-9,12,22H,10-11,13H2,1-2H3. The number of methoxy groups -OCH3 is 1. The lowest BCUT2D eigenvalue weighted by atomic mass is 10.1. The van der Waals surface area contributed by atoms with Crippen LogP contribution >= 0.6 is 0 Å². The second-order valence-corrected chi connectivity index (χ2v) is 6.44. The average Bonchev–Trinajstić information content (AvgIpc) is 3.05. The highest BCUT2D eigenvalue weighted by atomic mass is 19.1. The maximum absolute atomic E-state index is 13.7. The number of nitrogens with zero attached hydrogens (tertiary/aromatic N) is 3. The summed E-state index contributed by atoms with van der Waals surface area (Å²) in [6.07, 6.45) is 1.91. The van der Waals surface area contributed by atoms with Crippen LogP contribution in [0.15, 0.2) is 48.7 Å². The Labute approximate surface area is 161 Å². The molecular weight excluding hydrogens is 363 g/mol. The van der Waals surface area contributed by atoms with Gasteiger partial charge in [0.25, 0.3) is 5.69 Å². The molecule has 0 radical (unpaired) electrons. The fraction of sp³-hybridized carbons (Fsp3) is 0.250. The molecule has 146 valence electrons. The summed E-state index contributed by atoms with van der Waals surface area (Å²) in [4.78, 5) is 10.4. The van der Waals surface area contributed by atoms with Gasteiger partial charge in [0.15, 0.2) is 0 Å². The molecule has 0 atom stereocenters. The van der Waals surface area contributed by atoms with Crippen LogP contribution in [-0.2, 0) is 31.5 Å². The third-order valence-corrected chi connectivity index (χ3v) is 4.31. The highest BCUT2D eigenvalue weighted by Gasteiger charge is 2.12. The second-order valence-electron chi connectivity index (χ2n) is 6.44. The van der Waals surface area contributed by atoms with Gasteiger partial charge in [0, 0.05) is 62.3 Å². The smallest absolute Gasteiger partial charge is 0.269 e. The van der Waals surface area contributed by atoms with Gasteiger partial charge in [0.2, 0.25) is 0 Å². The molecule has 3 aromatic rings. The van der Waals surface area contributed by atoms with Gasteiger partial charge in [0.05, 0.1) is 17.2 Å². The summed E-state index contributed by atoms with van der Waals surface area (Å²) < 4.78 is 20.4. The van der Waals surface area contributed by atoms with Crippen molar-refractivity contribution in [3.8, 4) is 11.3 Å². The fourth-order valence-corrected chi connectivity index (χ4v) is 3.00. The minimum Gasteiger partial charge on any atom is -0.380 e. The van der Waals surface area contributed by atoms with Crippen molar-refractivity contribution in [3.05, 3.63) is 81.3 Å². The molecule has 7 nitrogen and oxygen atoms in total. The van der Waals surface area contributed by atoms with Crippen molar-refractivity contribution in [2.24, 2.45) is 7.05 Å². The van der Waals surface area contributed by atoms with Crippen LogP contribution in [0.1, 0.15) is 16.7 Å². The predicted octanol–water partition coefficient (Wildman–Crippen LogP) is 3.57. The van der Waals surface area contributed by atoms with E-state index in [4.69, 9.17) is 4.74 Å². The van der Waals surface area contributed by atoms with Crippen molar-refractivity contribution >= 4 is 5.69 Å². The van der Waals surface area contributed by atoms with E-state index >= 15 is 0 Å². The molecule has 0 aliphatic heterocycles. The Balaban J connectivity index is 1.70. The Kier molecular flexibility index (Phi) is 6.13. The number of nitrogens with one attached hydrogen (secondary N) is 1. The summed E-state index contributed by atoms with van der Waals surface area (Å²) in [6, 6.07) is 11.3. The van der Waals surface area contributed by atoms with Crippen molar-refractivity contribution in [2.45, 2.75) is 19.7 Å². The second kappa shape index (κ2) is 8.73. The molecule has 8 heteroatoms. The van der Waals surface area contributed by atoms with Crippen molar-refractivity contribution in [3.63, 3.8) is 0 Å². The van der Waals surface area contributed by atoms with Gasteiger partial charge >= 0.3 is 0 Å².